The summed E-state index contributed by atoms with van der Waals surface area (Å²) < 4.78 is 12.4. The zero-order chi connectivity index (χ0) is 19.6. The van der Waals surface area contributed by atoms with E-state index in [9.17, 15) is 4.79 Å². The highest BCUT2D eigenvalue weighted by atomic mass is 32.1. The van der Waals surface area contributed by atoms with Gasteiger partial charge < -0.3 is 14.4 Å². The van der Waals surface area contributed by atoms with Gasteiger partial charge in [-0.3, -0.25) is 4.79 Å². The Morgan fingerprint density at radius 1 is 1.07 bits per heavy atom. The third kappa shape index (κ3) is 3.85. The largest absolute Gasteiger partial charge is 0.486 e. The van der Waals surface area contributed by atoms with Gasteiger partial charge in [0.2, 0.25) is 5.91 Å². The predicted octanol–water partition coefficient (Wildman–Crippen LogP) is 4.49. The molecule has 2 aliphatic rings. The average molecular weight is 407 g/mol. The minimum Gasteiger partial charge on any atom is -0.486 e. The Hall–Kier alpha value is -2.86. The van der Waals surface area contributed by atoms with Gasteiger partial charge in [-0.15, -0.1) is 11.3 Å². The van der Waals surface area contributed by atoms with E-state index >= 15 is 0 Å². The number of nitrogens with zero attached hydrogens (tertiary/aromatic N) is 2. The fraction of sp³-hybridized carbons (Fsp3) is 0.304. The van der Waals surface area contributed by atoms with Crippen molar-refractivity contribution in [3.63, 3.8) is 0 Å². The Balaban J connectivity index is 1.20. The van der Waals surface area contributed by atoms with Crippen LogP contribution in [0.25, 0.3) is 16.3 Å². The van der Waals surface area contributed by atoms with Gasteiger partial charge in [-0.2, -0.15) is 0 Å². The van der Waals surface area contributed by atoms with Crippen LogP contribution in [-0.4, -0.2) is 42.1 Å². The molecule has 148 valence electrons. The van der Waals surface area contributed by atoms with Crippen LogP contribution in [0.5, 0.6) is 11.5 Å². The lowest BCUT2D eigenvalue weighted by molar-refractivity contribution is -0.126. The second kappa shape index (κ2) is 7.87. The topological polar surface area (TPSA) is 51.7 Å². The molecule has 0 bridgehead atoms. The van der Waals surface area contributed by atoms with Crippen molar-refractivity contribution in [1.29, 1.82) is 0 Å². The first-order valence-electron chi connectivity index (χ1n) is 9.98. The molecule has 0 saturated carbocycles. The van der Waals surface area contributed by atoms with Gasteiger partial charge in [-0.25, -0.2) is 4.98 Å². The first kappa shape index (κ1) is 18.2. The summed E-state index contributed by atoms with van der Waals surface area (Å²) in [7, 11) is 0. The minimum absolute atomic E-state index is 0.0580. The van der Waals surface area contributed by atoms with Crippen molar-refractivity contribution in [2.24, 2.45) is 0 Å². The summed E-state index contributed by atoms with van der Waals surface area (Å²) in [6.07, 6.45) is 5.43. The first-order valence-corrected chi connectivity index (χ1v) is 10.8. The molecule has 29 heavy (non-hydrogen) atoms. The molecule has 0 aliphatic carbocycles. The summed E-state index contributed by atoms with van der Waals surface area (Å²) >= 11 is 1.78. The van der Waals surface area contributed by atoms with Crippen LogP contribution in [0.3, 0.4) is 0 Å². The van der Waals surface area contributed by atoms with Crippen molar-refractivity contribution in [2.75, 3.05) is 26.3 Å². The van der Waals surface area contributed by atoms with Crippen molar-refractivity contribution >= 4 is 33.5 Å². The third-order valence-electron chi connectivity index (χ3n) is 5.45. The van der Waals surface area contributed by atoms with Crippen LogP contribution in [0.2, 0.25) is 0 Å². The van der Waals surface area contributed by atoms with Gasteiger partial charge in [0.15, 0.2) is 11.5 Å². The van der Waals surface area contributed by atoms with E-state index in [-0.39, 0.29) is 5.91 Å². The van der Waals surface area contributed by atoms with E-state index in [2.05, 4.69) is 18.2 Å². The Bertz CT molecular complexity index is 1030. The number of fused-ring (bicyclic) bond motifs is 2. The van der Waals surface area contributed by atoms with Crippen LogP contribution in [0.4, 0.5) is 0 Å². The first-order chi connectivity index (χ1) is 14.3. The predicted molar refractivity (Wildman–Crippen MR) is 115 cm³/mol. The molecule has 5 rings (SSSR count). The third-order valence-corrected chi connectivity index (χ3v) is 6.65. The number of carbonyl (C=O) groups is 1. The van der Waals surface area contributed by atoms with E-state index in [1.54, 1.807) is 17.4 Å². The van der Waals surface area contributed by atoms with E-state index in [1.165, 1.54) is 9.71 Å². The highest BCUT2D eigenvalue weighted by Gasteiger charge is 2.25. The molecule has 0 spiro atoms. The molecule has 1 fully saturated rings. The number of rotatable bonds is 3. The molecule has 1 saturated heterocycles. The van der Waals surface area contributed by atoms with E-state index in [0.717, 1.165) is 48.5 Å². The molecule has 3 aromatic rings. The fourth-order valence-corrected chi connectivity index (χ4v) is 4.98. The normalized spacial score (nSPS) is 17.2. The molecule has 3 heterocycles. The summed E-state index contributed by atoms with van der Waals surface area (Å²) in [6.45, 7) is 2.67. The Labute approximate surface area is 173 Å². The van der Waals surface area contributed by atoms with Crippen LogP contribution in [0.15, 0.2) is 48.5 Å². The Morgan fingerprint density at radius 2 is 1.86 bits per heavy atom. The van der Waals surface area contributed by atoms with Crippen LogP contribution >= 0.6 is 11.3 Å². The summed E-state index contributed by atoms with van der Waals surface area (Å²) in [4.78, 5) is 19.3. The fourth-order valence-electron chi connectivity index (χ4n) is 3.85. The Morgan fingerprint density at radius 3 is 2.69 bits per heavy atom. The zero-order valence-electron chi connectivity index (χ0n) is 16.0. The number of carbonyl (C=O) groups excluding carboxylic acids is 1. The lowest BCUT2D eigenvalue weighted by Crippen LogP contribution is -2.36. The van der Waals surface area contributed by atoms with Crippen LogP contribution in [0.1, 0.15) is 29.3 Å². The average Bonchev–Trinajstić information content (AvgIpc) is 3.22. The van der Waals surface area contributed by atoms with Crippen LogP contribution in [0, 0.1) is 0 Å². The second-order valence-electron chi connectivity index (χ2n) is 7.36. The molecular weight excluding hydrogens is 384 g/mol. The zero-order valence-corrected chi connectivity index (χ0v) is 16.9. The number of aromatic nitrogens is 1. The van der Waals surface area contributed by atoms with Gasteiger partial charge in [0.25, 0.3) is 0 Å². The molecule has 0 unspecified atom stereocenters. The highest BCUT2D eigenvalue weighted by Crippen LogP contribution is 2.34. The number of likely N-dealkylation sites (tertiary alicyclic amines) is 1. The Kier molecular flexibility index (Phi) is 4.94. The van der Waals surface area contributed by atoms with E-state index in [1.807, 2.05) is 35.2 Å². The SMILES string of the molecule is O=C(C=Cc1ccc2c(c1)OCCO2)N1CCC(c2nc3ccccc3s2)CC1. The summed E-state index contributed by atoms with van der Waals surface area (Å²) in [5.41, 5.74) is 2.01. The highest BCUT2D eigenvalue weighted by molar-refractivity contribution is 7.18. The van der Waals surface area contributed by atoms with Gasteiger partial charge in [0.1, 0.15) is 13.2 Å². The number of hydrogen-bond donors (Lipinski definition) is 0. The monoisotopic (exact) mass is 406 g/mol. The molecular formula is C23H22N2O3S. The molecule has 5 nitrogen and oxygen atoms in total. The van der Waals surface area contributed by atoms with Crippen molar-refractivity contribution in [1.82, 2.24) is 9.88 Å². The van der Waals surface area contributed by atoms with Crippen LogP contribution < -0.4 is 9.47 Å². The molecule has 0 atom stereocenters. The molecule has 0 radical (unpaired) electrons. The molecule has 1 aromatic heterocycles. The van der Waals surface area contributed by atoms with Crippen molar-refractivity contribution in [3.8, 4) is 11.5 Å². The van der Waals surface area contributed by atoms with Gasteiger partial charge in [-0.1, -0.05) is 18.2 Å². The molecule has 2 aromatic carbocycles. The lowest BCUT2D eigenvalue weighted by Gasteiger charge is -2.30. The van der Waals surface area contributed by atoms with E-state index in [0.29, 0.717) is 19.1 Å². The van der Waals surface area contributed by atoms with Gasteiger partial charge in [-0.05, 0) is 48.7 Å². The van der Waals surface area contributed by atoms with E-state index < -0.39 is 0 Å². The number of thiazole rings is 1. The lowest BCUT2D eigenvalue weighted by atomic mass is 9.97. The van der Waals surface area contributed by atoms with Gasteiger partial charge >= 0.3 is 0 Å². The second-order valence-corrected chi connectivity index (χ2v) is 8.42. The smallest absolute Gasteiger partial charge is 0.246 e. The quantitative estimate of drug-likeness (QED) is 0.602. The summed E-state index contributed by atoms with van der Waals surface area (Å²) in [5, 5.41) is 1.20. The number of piperidine rings is 1. The molecule has 2 aliphatic heterocycles. The number of benzene rings is 2. The number of para-hydroxylation sites is 1. The molecule has 0 N–H and O–H groups in total. The maximum atomic E-state index is 12.6. The minimum atomic E-state index is 0.0580. The number of hydrogen-bond acceptors (Lipinski definition) is 5. The van der Waals surface area contributed by atoms with Crippen molar-refractivity contribution < 1.29 is 14.3 Å². The summed E-state index contributed by atoms with van der Waals surface area (Å²) in [5.74, 6) is 2.00. The standard InChI is InChI=1S/C23H22N2O3S/c26-22(8-6-16-5-7-19-20(15-16)28-14-13-27-19)25-11-9-17(10-12-25)23-24-18-3-1-2-4-21(18)29-23/h1-8,15,17H,9-14H2. The number of ether oxygens (including phenoxy) is 2. The molecule has 6 heteroatoms. The van der Waals surface area contributed by atoms with Crippen LogP contribution in [-0.2, 0) is 4.79 Å². The summed E-state index contributed by atoms with van der Waals surface area (Å²) in [6, 6.07) is 14.0. The number of amides is 1. The maximum absolute atomic E-state index is 12.6. The van der Waals surface area contributed by atoms with Gasteiger partial charge in [0.05, 0.1) is 15.2 Å². The maximum Gasteiger partial charge on any atom is 0.246 e. The van der Waals surface area contributed by atoms with E-state index in [4.69, 9.17) is 14.5 Å². The van der Waals surface area contributed by atoms with Crippen molar-refractivity contribution in [2.45, 2.75) is 18.8 Å². The molecule has 1 amide bonds. The van der Waals surface area contributed by atoms with Crippen molar-refractivity contribution in [3.05, 3.63) is 59.1 Å². The van der Waals surface area contributed by atoms with Gasteiger partial charge in [0, 0.05) is 25.1 Å².